The van der Waals surface area contributed by atoms with Crippen LogP contribution in [0, 0.1) is 11.3 Å². The lowest BCUT2D eigenvalue weighted by molar-refractivity contribution is -0.137. The zero-order valence-corrected chi connectivity index (χ0v) is 21.6. The number of benzene rings is 1. The summed E-state index contributed by atoms with van der Waals surface area (Å²) in [6.07, 6.45) is 3.32. The summed E-state index contributed by atoms with van der Waals surface area (Å²) in [6, 6.07) is 3.25. The Labute approximate surface area is 212 Å². The van der Waals surface area contributed by atoms with E-state index in [4.69, 9.17) is 20.6 Å². The first kappa shape index (κ1) is 27.5. The van der Waals surface area contributed by atoms with Crippen LogP contribution in [0.4, 0.5) is 0 Å². The van der Waals surface area contributed by atoms with E-state index in [1.807, 2.05) is 0 Å². The summed E-state index contributed by atoms with van der Waals surface area (Å²) in [6.45, 7) is 2.12. The number of piperidine rings is 1. The quantitative estimate of drug-likeness (QED) is 0.260. The fourth-order valence-corrected chi connectivity index (χ4v) is 5.71. The number of ether oxygens (including phenoxy) is 2. The Balaban J connectivity index is 1.57. The molecule has 36 heavy (non-hydrogen) atoms. The number of carbonyl (C=O) groups excluding carboxylic acids is 2. The predicted molar refractivity (Wildman–Crippen MR) is 133 cm³/mol. The Morgan fingerprint density at radius 3 is 2.44 bits per heavy atom. The SMILES string of the molecule is COc1ccc(S(=O)(=O)NC2CCCCN(CC(=O)NCC3CCN(C(=N)N)CC3)C2=O)cc1OC. The van der Waals surface area contributed by atoms with Crippen LogP contribution in [0.25, 0.3) is 0 Å². The minimum absolute atomic E-state index is 0.0442. The summed E-state index contributed by atoms with van der Waals surface area (Å²) in [5.41, 5.74) is 5.52. The topological polar surface area (TPSA) is 167 Å². The second-order valence-corrected chi connectivity index (χ2v) is 10.8. The fraction of sp³-hybridized carbons (Fsp3) is 0.609. The van der Waals surface area contributed by atoms with Crippen LogP contribution >= 0.6 is 0 Å². The van der Waals surface area contributed by atoms with E-state index in [1.165, 1.54) is 37.3 Å². The number of amides is 2. The van der Waals surface area contributed by atoms with E-state index in [2.05, 4.69) is 10.0 Å². The number of sulfonamides is 1. The van der Waals surface area contributed by atoms with Crippen molar-refractivity contribution < 1.29 is 27.5 Å². The molecular weight excluding hydrogens is 488 g/mol. The maximum atomic E-state index is 13.2. The first-order valence-corrected chi connectivity index (χ1v) is 13.5. The van der Waals surface area contributed by atoms with Gasteiger partial charge in [0.2, 0.25) is 21.8 Å². The van der Waals surface area contributed by atoms with Crippen LogP contribution < -0.4 is 25.2 Å². The summed E-state index contributed by atoms with van der Waals surface area (Å²) in [7, 11) is -1.15. The van der Waals surface area contributed by atoms with Crippen LogP contribution in [0.1, 0.15) is 32.1 Å². The summed E-state index contributed by atoms with van der Waals surface area (Å²) < 4.78 is 38.9. The number of nitrogens with zero attached hydrogens (tertiary/aromatic N) is 2. The molecular formula is C23H36N6O6S. The van der Waals surface area contributed by atoms with Crippen LogP contribution in [-0.2, 0) is 19.6 Å². The van der Waals surface area contributed by atoms with Gasteiger partial charge in [0.25, 0.3) is 0 Å². The third kappa shape index (κ3) is 7.00. The van der Waals surface area contributed by atoms with Gasteiger partial charge in [-0.05, 0) is 50.2 Å². The molecule has 0 bridgehead atoms. The molecule has 5 N–H and O–H groups in total. The van der Waals surface area contributed by atoms with Crippen LogP contribution in [0.3, 0.4) is 0 Å². The Morgan fingerprint density at radius 1 is 1.11 bits per heavy atom. The van der Waals surface area contributed by atoms with Gasteiger partial charge >= 0.3 is 0 Å². The molecule has 1 aromatic rings. The van der Waals surface area contributed by atoms with Gasteiger partial charge in [0.15, 0.2) is 17.5 Å². The molecule has 12 nitrogen and oxygen atoms in total. The maximum Gasteiger partial charge on any atom is 0.241 e. The maximum absolute atomic E-state index is 13.2. The second-order valence-electron chi connectivity index (χ2n) is 9.07. The zero-order chi connectivity index (χ0) is 26.3. The van der Waals surface area contributed by atoms with Crippen LogP contribution in [-0.4, -0.2) is 89.0 Å². The molecule has 1 atom stereocenters. The lowest BCUT2D eigenvalue weighted by atomic mass is 9.97. The third-order valence-electron chi connectivity index (χ3n) is 6.62. The molecule has 0 radical (unpaired) electrons. The Hall–Kier alpha value is -3.06. The molecule has 3 rings (SSSR count). The number of nitrogens with two attached hydrogens (primary N) is 1. The van der Waals surface area contributed by atoms with Crippen molar-refractivity contribution in [1.82, 2.24) is 19.8 Å². The number of carbonyl (C=O) groups is 2. The average Bonchev–Trinajstić information content (AvgIpc) is 3.03. The van der Waals surface area contributed by atoms with Gasteiger partial charge < -0.3 is 30.3 Å². The number of guanidine groups is 1. The average molecular weight is 525 g/mol. The van der Waals surface area contributed by atoms with Gasteiger partial charge in [0.1, 0.15) is 6.04 Å². The van der Waals surface area contributed by atoms with Gasteiger partial charge in [-0.3, -0.25) is 15.0 Å². The molecule has 1 aromatic carbocycles. The van der Waals surface area contributed by atoms with Gasteiger partial charge in [-0.1, -0.05) is 0 Å². The van der Waals surface area contributed by atoms with Gasteiger partial charge in [0, 0.05) is 32.2 Å². The molecule has 2 fully saturated rings. The molecule has 0 saturated carbocycles. The molecule has 0 aromatic heterocycles. The smallest absolute Gasteiger partial charge is 0.241 e. The van der Waals surface area contributed by atoms with E-state index in [0.29, 0.717) is 51.2 Å². The van der Waals surface area contributed by atoms with Gasteiger partial charge in [-0.15, -0.1) is 0 Å². The molecule has 200 valence electrons. The second kappa shape index (κ2) is 12.3. The molecule has 0 aliphatic carbocycles. The highest BCUT2D eigenvalue weighted by atomic mass is 32.2. The highest BCUT2D eigenvalue weighted by Crippen LogP contribution is 2.29. The van der Waals surface area contributed by atoms with Gasteiger partial charge in [0.05, 0.1) is 25.7 Å². The lowest BCUT2D eigenvalue weighted by Crippen LogP contribution is -2.50. The number of rotatable bonds is 9. The summed E-state index contributed by atoms with van der Waals surface area (Å²) in [5.74, 6) is 0.308. The first-order valence-electron chi connectivity index (χ1n) is 12.0. The Bertz CT molecular complexity index is 1060. The zero-order valence-electron chi connectivity index (χ0n) is 20.8. The van der Waals surface area contributed by atoms with Crippen molar-refractivity contribution >= 4 is 27.8 Å². The van der Waals surface area contributed by atoms with Crippen molar-refractivity contribution in [3.05, 3.63) is 18.2 Å². The highest BCUT2D eigenvalue weighted by Gasteiger charge is 2.32. The van der Waals surface area contributed by atoms with E-state index >= 15 is 0 Å². The number of hydrogen-bond donors (Lipinski definition) is 4. The van der Waals surface area contributed by atoms with Crippen LogP contribution in [0.2, 0.25) is 0 Å². The lowest BCUT2D eigenvalue weighted by Gasteiger charge is -2.32. The van der Waals surface area contributed by atoms with Crippen LogP contribution in [0.15, 0.2) is 23.1 Å². The van der Waals surface area contributed by atoms with Crippen molar-refractivity contribution in [2.24, 2.45) is 11.7 Å². The monoisotopic (exact) mass is 524 g/mol. The standard InChI is InChI=1S/C23H36N6O6S/c1-34-19-7-6-17(13-20(19)35-2)36(32,33)27-18-5-3-4-10-29(22(18)31)15-21(30)26-14-16-8-11-28(12-9-16)23(24)25/h6-7,13,16,18,27H,3-5,8-12,14-15H2,1-2H3,(H3,24,25)(H,26,30). The minimum atomic E-state index is -4.02. The van der Waals surface area contributed by atoms with E-state index < -0.39 is 22.0 Å². The van der Waals surface area contributed by atoms with Crippen molar-refractivity contribution in [2.45, 2.75) is 43.0 Å². The van der Waals surface area contributed by atoms with E-state index in [1.54, 1.807) is 4.90 Å². The normalized spacial score (nSPS) is 19.5. The molecule has 13 heteroatoms. The Kier molecular flexibility index (Phi) is 9.37. The third-order valence-corrected chi connectivity index (χ3v) is 8.09. The largest absolute Gasteiger partial charge is 0.493 e. The highest BCUT2D eigenvalue weighted by molar-refractivity contribution is 7.89. The molecule has 2 saturated heterocycles. The van der Waals surface area contributed by atoms with Crippen molar-refractivity contribution in [2.75, 3.05) is 46.9 Å². The fourth-order valence-electron chi connectivity index (χ4n) is 4.48. The van der Waals surface area contributed by atoms with E-state index in [0.717, 1.165) is 12.8 Å². The van der Waals surface area contributed by atoms with Crippen molar-refractivity contribution in [1.29, 1.82) is 5.41 Å². The van der Waals surface area contributed by atoms with Crippen LogP contribution in [0.5, 0.6) is 11.5 Å². The molecule has 0 spiro atoms. The Morgan fingerprint density at radius 2 is 1.81 bits per heavy atom. The molecule has 1 unspecified atom stereocenters. The molecule has 2 heterocycles. The number of methoxy groups -OCH3 is 2. The molecule has 2 aliphatic heterocycles. The van der Waals surface area contributed by atoms with Gasteiger partial charge in [-0.25, -0.2) is 8.42 Å². The number of nitrogens with one attached hydrogen (secondary N) is 3. The molecule has 2 amide bonds. The van der Waals surface area contributed by atoms with Crippen molar-refractivity contribution in [3.8, 4) is 11.5 Å². The summed E-state index contributed by atoms with van der Waals surface area (Å²) in [5, 5.41) is 10.4. The number of hydrogen-bond acceptors (Lipinski definition) is 7. The number of likely N-dealkylation sites (tertiary alicyclic amines) is 2. The van der Waals surface area contributed by atoms with E-state index in [9.17, 15) is 18.0 Å². The summed E-state index contributed by atoms with van der Waals surface area (Å²) in [4.78, 5) is 28.9. The van der Waals surface area contributed by atoms with E-state index in [-0.39, 0.29) is 35.0 Å². The minimum Gasteiger partial charge on any atom is -0.493 e. The van der Waals surface area contributed by atoms with Gasteiger partial charge in [-0.2, -0.15) is 4.72 Å². The molecule has 2 aliphatic rings. The first-order chi connectivity index (χ1) is 17.1. The summed E-state index contributed by atoms with van der Waals surface area (Å²) >= 11 is 0. The predicted octanol–water partition coefficient (Wildman–Crippen LogP) is 0.0849. The van der Waals surface area contributed by atoms with Crippen molar-refractivity contribution in [3.63, 3.8) is 0 Å².